The lowest BCUT2D eigenvalue weighted by atomic mass is 9.97. The van der Waals surface area contributed by atoms with Gasteiger partial charge in [-0.2, -0.15) is 0 Å². The SMILES string of the molecule is COC(=O)CCCCC=CC=C(c1ccccc1)c1ccccc1. The Morgan fingerprint density at radius 2 is 1.50 bits per heavy atom. The van der Waals surface area contributed by atoms with E-state index in [1.165, 1.54) is 23.8 Å². The second-order valence-corrected chi connectivity index (χ2v) is 5.56. The van der Waals surface area contributed by atoms with Crippen LogP contribution in [-0.2, 0) is 9.53 Å². The van der Waals surface area contributed by atoms with Crippen molar-refractivity contribution in [2.75, 3.05) is 7.11 Å². The molecule has 0 N–H and O–H groups in total. The van der Waals surface area contributed by atoms with Crippen LogP contribution in [0.5, 0.6) is 0 Å². The van der Waals surface area contributed by atoms with Gasteiger partial charge in [-0.25, -0.2) is 0 Å². The van der Waals surface area contributed by atoms with Gasteiger partial charge in [-0.3, -0.25) is 4.79 Å². The number of carbonyl (C=O) groups is 1. The lowest BCUT2D eigenvalue weighted by Gasteiger charge is -2.07. The summed E-state index contributed by atoms with van der Waals surface area (Å²) in [5.41, 5.74) is 3.63. The highest BCUT2D eigenvalue weighted by Gasteiger charge is 2.02. The highest BCUT2D eigenvalue weighted by molar-refractivity contribution is 5.80. The first kappa shape index (κ1) is 17.7. The second-order valence-electron chi connectivity index (χ2n) is 5.56. The number of methoxy groups -OCH3 is 1. The van der Waals surface area contributed by atoms with Crippen molar-refractivity contribution in [2.24, 2.45) is 0 Å². The molecular weight excluding hydrogens is 296 g/mol. The Labute approximate surface area is 144 Å². The number of hydrogen-bond donors (Lipinski definition) is 0. The number of unbranched alkanes of at least 4 members (excludes halogenated alkanes) is 2. The highest BCUT2D eigenvalue weighted by Crippen LogP contribution is 2.23. The quantitative estimate of drug-likeness (QED) is 0.369. The molecule has 2 aromatic rings. The summed E-state index contributed by atoms with van der Waals surface area (Å²) in [4.78, 5) is 11.1. The molecule has 0 aliphatic heterocycles. The van der Waals surface area contributed by atoms with Crippen LogP contribution in [0.25, 0.3) is 5.57 Å². The molecule has 0 unspecified atom stereocenters. The monoisotopic (exact) mass is 320 g/mol. The van der Waals surface area contributed by atoms with Crippen LogP contribution >= 0.6 is 0 Å². The van der Waals surface area contributed by atoms with E-state index >= 15 is 0 Å². The number of hydrogen-bond acceptors (Lipinski definition) is 2. The first-order valence-electron chi connectivity index (χ1n) is 8.36. The van der Waals surface area contributed by atoms with Crippen molar-refractivity contribution >= 4 is 11.5 Å². The molecule has 0 heterocycles. The zero-order valence-electron chi connectivity index (χ0n) is 14.2. The van der Waals surface area contributed by atoms with E-state index in [4.69, 9.17) is 0 Å². The average Bonchev–Trinajstić information content (AvgIpc) is 2.65. The van der Waals surface area contributed by atoms with Crippen molar-refractivity contribution in [1.29, 1.82) is 0 Å². The Hall–Kier alpha value is -2.61. The molecule has 0 saturated heterocycles. The molecule has 0 spiro atoms. The van der Waals surface area contributed by atoms with E-state index in [9.17, 15) is 4.79 Å². The van der Waals surface area contributed by atoms with Crippen molar-refractivity contribution in [3.63, 3.8) is 0 Å². The summed E-state index contributed by atoms with van der Waals surface area (Å²) in [6.45, 7) is 0. The van der Waals surface area contributed by atoms with Gasteiger partial charge in [0.1, 0.15) is 0 Å². The normalized spacial score (nSPS) is 10.5. The summed E-state index contributed by atoms with van der Waals surface area (Å²) in [6, 6.07) is 20.8. The van der Waals surface area contributed by atoms with Crippen LogP contribution in [-0.4, -0.2) is 13.1 Å². The van der Waals surface area contributed by atoms with Crippen molar-refractivity contribution in [1.82, 2.24) is 0 Å². The molecule has 24 heavy (non-hydrogen) atoms. The fourth-order valence-corrected chi connectivity index (χ4v) is 2.49. The van der Waals surface area contributed by atoms with Gasteiger partial charge in [0.25, 0.3) is 0 Å². The van der Waals surface area contributed by atoms with Gasteiger partial charge in [-0.15, -0.1) is 0 Å². The third-order valence-electron chi connectivity index (χ3n) is 3.80. The number of carbonyl (C=O) groups excluding carboxylic acids is 1. The predicted octanol–water partition coefficient (Wildman–Crippen LogP) is 5.41. The Balaban J connectivity index is 1.99. The maximum atomic E-state index is 11.1. The lowest BCUT2D eigenvalue weighted by molar-refractivity contribution is -0.140. The minimum absolute atomic E-state index is 0.130. The largest absolute Gasteiger partial charge is 0.469 e. The zero-order chi connectivity index (χ0) is 17.0. The van der Waals surface area contributed by atoms with E-state index in [-0.39, 0.29) is 5.97 Å². The molecule has 0 aliphatic rings. The van der Waals surface area contributed by atoms with Gasteiger partial charge in [-0.05, 0) is 36.0 Å². The van der Waals surface area contributed by atoms with E-state index in [1.54, 1.807) is 0 Å². The van der Waals surface area contributed by atoms with Gasteiger partial charge < -0.3 is 4.74 Å². The second kappa shape index (κ2) is 10.2. The molecule has 0 saturated carbocycles. The molecule has 2 nitrogen and oxygen atoms in total. The third kappa shape index (κ3) is 5.88. The van der Waals surface area contributed by atoms with Gasteiger partial charge in [0.2, 0.25) is 0 Å². The Bertz CT molecular complexity index is 628. The van der Waals surface area contributed by atoms with Crippen molar-refractivity contribution < 1.29 is 9.53 Å². The maximum Gasteiger partial charge on any atom is 0.305 e. The van der Waals surface area contributed by atoms with E-state index in [0.717, 1.165) is 19.3 Å². The fourth-order valence-electron chi connectivity index (χ4n) is 2.49. The van der Waals surface area contributed by atoms with Crippen LogP contribution in [0.3, 0.4) is 0 Å². The number of esters is 1. The summed E-state index contributed by atoms with van der Waals surface area (Å²) < 4.78 is 4.64. The number of ether oxygens (including phenoxy) is 1. The van der Waals surface area contributed by atoms with Crippen LogP contribution in [0, 0.1) is 0 Å². The summed E-state index contributed by atoms with van der Waals surface area (Å²) in [6.07, 6.45) is 9.74. The Morgan fingerprint density at radius 3 is 2.04 bits per heavy atom. The molecule has 0 amide bonds. The van der Waals surface area contributed by atoms with Crippen LogP contribution < -0.4 is 0 Å². The van der Waals surface area contributed by atoms with E-state index in [1.807, 2.05) is 12.1 Å². The van der Waals surface area contributed by atoms with E-state index in [2.05, 4.69) is 71.5 Å². The minimum atomic E-state index is -0.130. The van der Waals surface area contributed by atoms with Crippen LogP contribution in [0.2, 0.25) is 0 Å². The van der Waals surface area contributed by atoms with Crippen LogP contribution in [0.1, 0.15) is 36.8 Å². The maximum absolute atomic E-state index is 11.1. The molecule has 2 heteroatoms. The van der Waals surface area contributed by atoms with E-state index in [0.29, 0.717) is 6.42 Å². The van der Waals surface area contributed by atoms with E-state index < -0.39 is 0 Å². The van der Waals surface area contributed by atoms with Gasteiger partial charge in [0.15, 0.2) is 0 Å². The molecule has 0 atom stereocenters. The van der Waals surface area contributed by atoms with Crippen LogP contribution in [0.4, 0.5) is 0 Å². The fraction of sp³-hybridized carbons (Fsp3) is 0.227. The van der Waals surface area contributed by atoms with Gasteiger partial charge in [0, 0.05) is 6.42 Å². The summed E-state index contributed by atoms with van der Waals surface area (Å²) in [5, 5.41) is 0. The van der Waals surface area contributed by atoms with Crippen molar-refractivity contribution in [3.8, 4) is 0 Å². The summed E-state index contributed by atoms with van der Waals surface area (Å²) >= 11 is 0. The molecule has 124 valence electrons. The molecule has 0 aliphatic carbocycles. The summed E-state index contributed by atoms with van der Waals surface area (Å²) in [5.74, 6) is -0.130. The third-order valence-corrected chi connectivity index (χ3v) is 3.80. The van der Waals surface area contributed by atoms with Gasteiger partial charge in [0.05, 0.1) is 7.11 Å². The number of benzene rings is 2. The van der Waals surface area contributed by atoms with Gasteiger partial charge in [-0.1, -0.05) is 78.9 Å². The Morgan fingerprint density at radius 1 is 0.917 bits per heavy atom. The Kier molecular flexibility index (Phi) is 7.55. The topological polar surface area (TPSA) is 26.3 Å². The molecule has 0 radical (unpaired) electrons. The van der Waals surface area contributed by atoms with Crippen LogP contribution in [0.15, 0.2) is 78.9 Å². The number of rotatable bonds is 8. The predicted molar refractivity (Wildman–Crippen MR) is 99.6 cm³/mol. The average molecular weight is 320 g/mol. The van der Waals surface area contributed by atoms with Crippen molar-refractivity contribution in [3.05, 3.63) is 90.0 Å². The molecule has 2 aromatic carbocycles. The standard InChI is InChI=1S/C22H24O2/c1-24-22(23)18-12-4-2-3-11-17-21(19-13-7-5-8-14-19)20-15-9-6-10-16-20/h3,5-11,13-17H,2,4,12,18H2,1H3. The van der Waals surface area contributed by atoms with Crippen molar-refractivity contribution in [2.45, 2.75) is 25.7 Å². The molecule has 2 rings (SSSR count). The lowest BCUT2D eigenvalue weighted by Crippen LogP contribution is -1.98. The molecule has 0 aromatic heterocycles. The molecule has 0 bridgehead atoms. The summed E-state index contributed by atoms with van der Waals surface area (Å²) in [7, 11) is 1.43. The first-order valence-corrected chi connectivity index (χ1v) is 8.36. The highest BCUT2D eigenvalue weighted by atomic mass is 16.5. The smallest absolute Gasteiger partial charge is 0.305 e. The van der Waals surface area contributed by atoms with Gasteiger partial charge >= 0.3 is 5.97 Å². The molecule has 0 fully saturated rings. The minimum Gasteiger partial charge on any atom is -0.469 e. The zero-order valence-corrected chi connectivity index (χ0v) is 14.2. The number of allylic oxidation sites excluding steroid dienone is 3. The first-order chi connectivity index (χ1) is 11.8. The molecular formula is C22H24O2.